The van der Waals surface area contributed by atoms with E-state index in [0.29, 0.717) is 22.0 Å². The number of hydrogen-bond acceptors (Lipinski definition) is 5. The van der Waals surface area contributed by atoms with Crippen LogP contribution in [0.5, 0.6) is 0 Å². The van der Waals surface area contributed by atoms with E-state index in [1.54, 1.807) is 0 Å². The summed E-state index contributed by atoms with van der Waals surface area (Å²) in [5.74, 6) is 0.361. The molecule has 0 heterocycles. The van der Waals surface area contributed by atoms with Gasteiger partial charge in [0.05, 0.1) is 0 Å². The zero-order valence-corrected chi connectivity index (χ0v) is 16.9. The molecule has 1 aromatic rings. The molecule has 8 heteroatoms. The summed E-state index contributed by atoms with van der Waals surface area (Å²) in [6, 6.07) is 9.88. The summed E-state index contributed by atoms with van der Waals surface area (Å²) in [5.41, 5.74) is 1.14. The molecule has 0 spiro atoms. The van der Waals surface area contributed by atoms with Gasteiger partial charge in [-0.25, -0.2) is 8.42 Å². The van der Waals surface area contributed by atoms with Crippen molar-refractivity contribution in [3.05, 3.63) is 47.4 Å². The van der Waals surface area contributed by atoms with Crippen molar-refractivity contribution in [1.82, 2.24) is 4.90 Å². The van der Waals surface area contributed by atoms with Crippen LogP contribution in [-0.4, -0.2) is 35.0 Å². The predicted octanol–water partition coefficient (Wildman–Crippen LogP) is -0.801. The van der Waals surface area contributed by atoms with Gasteiger partial charge < -0.3 is 9.45 Å². The van der Waals surface area contributed by atoms with Crippen LogP contribution >= 0.6 is 24.0 Å². The number of hydrogen-bond donors (Lipinski definition) is 0. The second kappa shape index (κ2) is 10.5. The summed E-state index contributed by atoms with van der Waals surface area (Å²) in [6.45, 7) is 0.691. The Kier molecular flexibility index (Phi) is 10.9. The van der Waals surface area contributed by atoms with Crippen LogP contribution in [0.1, 0.15) is 5.56 Å². The summed E-state index contributed by atoms with van der Waals surface area (Å²) in [5, 5.41) is 0.653. The average Bonchev–Trinajstić information content (AvgIpc) is 2.34. The average molecular weight is 356 g/mol. The van der Waals surface area contributed by atoms with Crippen LogP contribution < -0.4 is 51.4 Å². The summed E-state index contributed by atoms with van der Waals surface area (Å²) in [6.07, 6.45) is 1.30. The number of thiocarbonyl (C=S) groups is 1. The molecule has 1 rings (SSSR count). The molecule has 0 aromatic heterocycles. The van der Waals surface area contributed by atoms with Crippen molar-refractivity contribution in [2.75, 3.05) is 12.8 Å². The molecule has 0 aliphatic carbocycles. The second-order valence-electron chi connectivity index (χ2n) is 3.78. The molecular formula is C12H14KNO3S3. The molecule has 0 amide bonds. The van der Waals surface area contributed by atoms with Gasteiger partial charge in [-0.3, -0.25) is 0 Å². The van der Waals surface area contributed by atoms with E-state index >= 15 is 0 Å². The van der Waals surface area contributed by atoms with Gasteiger partial charge in [0.15, 0.2) is 0 Å². The van der Waals surface area contributed by atoms with Crippen LogP contribution in [0, 0.1) is 0 Å². The number of thioether (sulfide) groups is 1. The van der Waals surface area contributed by atoms with E-state index in [0.717, 1.165) is 5.56 Å². The Morgan fingerprint density at radius 1 is 1.40 bits per heavy atom. The van der Waals surface area contributed by atoms with Gasteiger partial charge in [-0.05, 0) is 5.56 Å². The quantitative estimate of drug-likeness (QED) is 0.392. The zero-order chi connectivity index (χ0) is 14.3. The van der Waals surface area contributed by atoms with Gasteiger partial charge in [0.1, 0.15) is 14.4 Å². The Morgan fingerprint density at radius 2 is 2.00 bits per heavy atom. The van der Waals surface area contributed by atoms with Gasteiger partial charge >= 0.3 is 51.4 Å². The molecule has 0 aliphatic heterocycles. The van der Waals surface area contributed by atoms with Crippen molar-refractivity contribution in [1.29, 1.82) is 0 Å². The first kappa shape index (κ1) is 20.7. The van der Waals surface area contributed by atoms with Crippen molar-refractivity contribution in [3.63, 3.8) is 0 Å². The fraction of sp³-hybridized carbons (Fsp3) is 0.250. The van der Waals surface area contributed by atoms with Gasteiger partial charge in [-0.15, -0.1) is 0 Å². The van der Waals surface area contributed by atoms with Crippen LogP contribution in [0.25, 0.3) is 0 Å². The Morgan fingerprint density at radius 3 is 2.55 bits per heavy atom. The van der Waals surface area contributed by atoms with Crippen LogP contribution in [0.4, 0.5) is 0 Å². The number of benzene rings is 1. The van der Waals surface area contributed by atoms with E-state index in [1.807, 2.05) is 42.3 Å². The van der Waals surface area contributed by atoms with E-state index < -0.39 is 10.1 Å². The van der Waals surface area contributed by atoms with Crippen molar-refractivity contribution < 1.29 is 64.4 Å². The molecule has 104 valence electrons. The monoisotopic (exact) mass is 355 g/mol. The van der Waals surface area contributed by atoms with E-state index in [2.05, 4.69) is 0 Å². The third-order valence-electron chi connectivity index (χ3n) is 2.14. The maximum Gasteiger partial charge on any atom is 1.00 e. The molecule has 0 N–H and O–H groups in total. The van der Waals surface area contributed by atoms with Crippen molar-refractivity contribution in [2.24, 2.45) is 0 Å². The maximum atomic E-state index is 10.4. The third kappa shape index (κ3) is 9.64. The fourth-order valence-electron chi connectivity index (χ4n) is 1.31. The molecule has 0 saturated carbocycles. The third-order valence-corrected chi connectivity index (χ3v) is 4.25. The molecule has 0 fully saturated rings. The van der Waals surface area contributed by atoms with E-state index in [1.165, 1.54) is 17.8 Å². The molecule has 0 aliphatic rings. The van der Waals surface area contributed by atoms with E-state index in [4.69, 9.17) is 12.2 Å². The molecule has 4 nitrogen and oxygen atoms in total. The number of rotatable bonds is 5. The summed E-state index contributed by atoms with van der Waals surface area (Å²) >= 11 is 6.52. The summed E-state index contributed by atoms with van der Waals surface area (Å²) < 4.78 is 31.7. The molecule has 0 unspecified atom stereocenters. The topological polar surface area (TPSA) is 60.4 Å². The Labute approximate surface area is 172 Å². The predicted molar refractivity (Wildman–Crippen MR) is 81.8 cm³/mol. The van der Waals surface area contributed by atoms with Gasteiger partial charge in [-0.2, -0.15) is 0 Å². The zero-order valence-electron chi connectivity index (χ0n) is 11.4. The van der Waals surface area contributed by atoms with Gasteiger partial charge in [0.25, 0.3) is 0 Å². The largest absolute Gasteiger partial charge is 1.00 e. The van der Waals surface area contributed by atoms with Gasteiger partial charge in [0, 0.05) is 24.8 Å². The van der Waals surface area contributed by atoms with Crippen LogP contribution in [0.3, 0.4) is 0 Å². The standard InChI is InChI=1S/C12H15NO3S3.K/c1-13(10-11-6-3-2-4-7-11)12(17)18-8-5-9-19(14,15)16;/h2-7,9H,8,10H2,1H3,(H,14,15,16);/q;+1/p-1/b9-5-;. The Hall–Kier alpha value is 0.746. The first-order valence-electron chi connectivity index (χ1n) is 5.43. The fourth-order valence-corrected chi connectivity index (χ4v) is 2.65. The minimum Gasteiger partial charge on any atom is -0.744 e. The first-order valence-corrected chi connectivity index (χ1v) is 8.29. The molecule has 1 aromatic carbocycles. The van der Waals surface area contributed by atoms with E-state index in [-0.39, 0.29) is 51.4 Å². The van der Waals surface area contributed by atoms with Gasteiger partial charge in [0.2, 0.25) is 0 Å². The van der Waals surface area contributed by atoms with Crippen molar-refractivity contribution >= 4 is 38.4 Å². The molecule has 0 radical (unpaired) electrons. The molecule has 0 atom stereocenters. The second-order valence-corrected chi connectivity index (χ2v) is 6.69. The normalized spacial score (nSPS) is 11.1. The Bertz CT molecular complexity index is 546. The van der Waals surface area contributed by atoms with Crippen LogP contribution in [-0.2, 0) is 16.7 Å². The maximum absolute atomic E-state index is 10.4. The molecule has 0 bridgehead atoms. The Balaban J connectivity index is 0.00000361. The van der Waals surface area contributed by atoms with Crippen molar-refractivity contribution in [2.45, 2.75) is 6.54 Å². The van der Waals surface area contributed by atoms with Gasteiger partial charge in [-0.1, -0.05) is 60.4 Å². The minimum atomic E-state index is -4.29. The first-order chi connectivity index (χ1) is 8.88. The van der Waals surface area contributed by atoms with Crippen LogP contribution in [0.2, 0.25) is 0 Å². The molecule has 0 saturated heterocycles. The smallest absolute Gasteiger partial charge is 0.744 e. The number of nitrogens with zero attached hydrogens (tertiary/aromatic N) is 1. The SMILES string of the molecule is CN(Cc1ccccc1)C(=S)SC/C=C\S(=O)(=O)[O-].[K+]. The van der Waals surface area contributed by atoms with E-state index in [9.17, 15) is 13.0 Å². The van der Waals surface area contributed by atoms with Crippen molar-refractivity contribution in [3.8, 4) is 0 Å². The van der Waals surface area contributed by atoms with Crippen LogP contribution in [0.15, 0.2) is 41.8 Å². The summed E-state index contributed by atoms with van der Waals surface area (Å²) in [4.78, 5) is 1.90. The molecule has 20 heavy (non-hydrogen) atoms. The summed E-state index contributed by atoms with van der Waals surface area (Å²) in [7, 11) is -2.42. The molecular weight excluding hydrogens is 341 g/mol. The minimum absolute atomic E-state index is 0.